The number of nitrogens with zero attached hydrogens (tertiary/aromatic N) is 6. The second kappa shape index (κ2) is 3.97. The van der Waals surface area contributed by atoms with E-state index in [1.54, 1.807) is 26.7 Å². The molecule has 0 saturated carbocycles. The van der Waals surface area contributed by atoms with Crippen LogP contribution in [0.15, 0.2) is 29.9 Å². The van der Waals surface area contributed by atoms with Crippen molar-refractivity contribution in [2.45, 2.75) is 0 Å². The average molecular weight is 288 g/mol. The first-order chi connectivity index (χ1) is 9.31. The molecule has 4 aromatic heterocycles. The molecule has 4 rings (SSSR count). The first kappa shape index (κ1) is 10.8. The summed E-state index contributed by atoms with van der Waals surface area (Å²) in [7, 11) is 1.89. The molecule has 0 bridgehead atoms. The van der Waals surface area contributed by atoms with Crippen molar-refractivity contribution >= 4 is 27.6 Å². The van der Waals surface area contributed by atoms with Gasteiger partial charge in [-0.2, -0.15) is 14.7 Å². The van der Waals surface area contributed by atoms with E-state index in [2.05, 4.69) is 20.4 Å². The van der Waals surface area contributed by atoms with Crippen molar-refractivity contribution in [2.75, 3.05) is 0 Å². The third-order valence-corrected chi connectivity index (χ3v) is 4.50. The minimum atomic E-state index is 0.788. The van der Waals surface area contributed by atoms with Gasteiger partial charge in [-0.3, -0.25) is 4.68 Å². The van der Waals surface area contributed by atoms with Crippen molar-refractivity contribution in [1.82, 2.24) is 29.6 Å². The summed E-state index contributed by atoms with van der Waals surface area (Å²) in [5, 5.41) is 20.0. The van der Waals surface area contributed by atoms with Gasteiger partial charge in [0.05, 0.1) is 16.6 Å². The fourth-order valence-electron chi connectivity index (χ4n) is 1.82. The van der Waals surface area contributed by atoms with Crippen LogP contribution in [0.1, 0.15) is 0 Å². The lowest BCUT2D eigenvalue weighted by Crippen LogP contribution is -1.88. The van der Waals surface area contributed by atoms with E-state index in [-0.39, 0.29) is 0 Å². The zero-order valence-corrected chi connectivity index (χ0v) is 11.5. The SMILES string of the molecule is Cn1cc(-c2nn3c(-c4cccs4)nnc3s2)cn1. The lowest BCUT2D eigenvalue weighted by molar-refractivity contribution is 0.768. The number of thiophene rings is 1. The zero-order chi connectivity index (χ0) is 12.8. The molecule has 0 aromatic carbocycles. The van der Waals surface area contributed by atoms with Crippen LogP contribution < -0.4 is 0 Å². The predicted octanol–water partition coefficient (Wildman–Crippen LogP) is 2.31. The number of hydrogen-bond donors (Lipinski definition) is 0. The number of fused-ring (bicyclic) bond motifs is 1. The summed E-state index contributed by atoms with van der Waals surface area (Å²) in [5.41, 5.74) is 0.995. The molecule has 0 aliphatic carbocycles. The maximum absolute atomic E-state index is 4.58. The van der Waals surface area contributed by atoms with Gasteiger partial charge >= 0.3 is 0 Å². The van der Waals surface area contributed by atoms with E-state index in [1.807, 2.05) is 30.8 Å². The summed E-state index contributed by atoms with van der Waals surface area (Å²) >= 11 is 3.14. The molecule has 0 radical (unpaired) electrons. The smallest absolute Gasteiger partial charge is 0.235 e. The highest BCUT2D eigenvalue weighted by molar-refractivity contribution is 7.19. The van der Waals surface area contributed by atoms with Crippen molar-refractivity contribution in [2.24, 2.45) is 7.05 Å². The summed E-state index contributed by atoms with van der Waals surface area (Å²) in [6.45, 7) is 0. The average Bonchev–Trinajstić information content (AvgIpc) is 3.11. The standard InChI is InChI=1S/C11H8N6S2/c1-16-6-7(5-12-16)10-15-17-9(8-3-2-4-18-8)13-14-11(17)19-10/h2-6H,1H3. The Labute approximate surface area is 116 Å². The van der Waals surface area contributed by atoms with Gasteiger partial charge in [0.2, 0.25) is 4.96 Å². The molecule has 0 aliphatic heterocycles. The minimum Gasteiger partial charge on any atom is -0.275 e. The van der Waals surface area contributed by atoms with Gasteiger partial charge in [-0.25, -0.2) is 0 Å². The molecule has 0 spiro atoms. The Hall–Kier alpha value is -2.06. The van der Waals surface area contributed by atoms with Crippen molar-refractivity contribution < 1.29 is 0 Å². The van der Waals surface area contributed by atoms with Crippen LogP contribution in [0, 0.1) is 0 Å². The van der Waals surface area contributed by atoms with Crippen LogP contribution in [0.4, 0.5) is 0 Å². The van der Waals surface area contributed by atoms with Gasteiger partial charge in [-0.1, -0.05) is 17.4 Å². The van der Waals surface area contributed by atoms with Gasteiger partial charge < -0.3 is 0 Å². The van der Waals surface area contributed by atoms with Crippen molar-refractivity contribution in [3.05, 3.63) is 29.9 Å². The van der Waals surface area contributed by atoms with Gasteiger partial charge in [0.1, 0.15) is 0 Å². The van der Waals surface area contributed by atoms with Gasteiger partial charge in [-0.15, -0.1) is 21.5 Å². The Kier molecular flexibility index (Phi) is 2.26. The number of aryl methyl sites for hydroxylation is 1. The number of aromatic nitrogens is 6. The molecule has 0 aliphatic rings. The van der Waals surface area contributed by atoms with E-state index in [4.69, 9.17) is 0 Å². The third-order valence-electron chi connectivity index (χ3n) is 2.68. The van der Waals surface area contributed by atoms with Crippen LogP contribution in [0.3, 0.4) is 0 Å². The molecule has 0 saturated heterocycles. The quantitative estimate of drug-likeness (QED) is 0.568. The molecular weight excluding hydrogens is 280 g/mol. The summed E-state index contributed by atoms with van der Waals surface area (Å²) in [6, 6.07) is 4.01. The third kappa shape index (κ3) is 1.68. The van der Waals surface area contributed by atoms with E-state index in [0.717, 1.165) is 26.2 Å². The summed E-state index contributed by atoms with van der Waals surface area (Å²) in [5.74, 6) is 0.788. The zero-order valence-electron chi connectivity index (χ0n) is 9.89. The Morgan fingerprint density at radius 1 is 1.26 bits per heavy atom. The Morgan fingerprint density at radius 2 is 2.21 bits per heavy atom. The topological polar surface area (TPSA) is 60.9 Å². The second-order valence-electron chi connectivity index (χ2n) is 4.01. The van der Waals surface area contributed by atoms with Crippen LogP contribution >= 0.6 is 22.7 Å². The number of rotatable bonds is 2. The summed E-state index contributed by atoms with van der Waals surface area (Å²) in [6.07, 6.45) is 3.74. The van der Waals surface area contributed by atoms with Crippen LogP contribution in [-0.2, 0) is 7.05 Å². The Bertz CT molecular complexity index is 838. The first-order valence-electron chi connectivity index (χ1n) is 5.56. The monoisotopic (exact) mass is 288 g/mol. The molecular formula is C11H8N6S2. The summed E-state index contributed by atoms with van der Waals surface area (Å²) in [4.78, 5) is 1.86. The molecule has 0 unspecified atom stereocenters. The van der Waals surface area contributed by atoms with Gasteiger partial charge in [0.25, 0.3) is 0 Å². The van der Waals surface area contributed by atoms with Crippen molar-refractivity contribution in [1.29, 1.82) is 0 Å². The highest BCUT2D eigenvalue weighted by Crippen LogP contribution is 2.29. The fraction of sp³-hybridized carbons (Fsp3) is 0.0909. The molecule has 0 amide bonds. The highest BCUT2D eigenvalue weighted by atomic mass is 32.1. The molecule has 0 atom stereocenters. The fourth-order valence-corrected chi connectivity index (χ4v) is 3.33. The van der Waals surface area contributed by atoms with E-state index < -0.39 is 0 Å². The van der Waals surface area contributed by atoms with E-state index in [1.165, 1.54) is 11.3 Å². The van der Waals surface area contributed by atoms with Crippen LogP contribution in [0.5, 0.6) is 0 Å². The molecule has 19 heavy (non-hydrogen) atoms. The van der Waals surface area contributed by atoms with Gasteiger partial charge in [-0.05, 0) is 11.4 Å². The van der Waals surface area contributed by atoms with Gasteiger partial charge in [0.15, 0.2) is 10.8 Å². The van der Waals surface area contributed by atoms with Gasteiger partial charge in [0, 0.05) is 13.2 Å². The number of hydrogen-bond acceptors (Lipinski definition) is 6. The van der Waals surface area contributed by atoms with E-state index >= 15 is 0 Å². The Morgan fingerprint density at radius 3 is 2.95 bits per heavy atom. The van der Waals surface area contributed by atoms with E-state index in [0.29, 0.717) is 0 Å². The molecule has 0 N–H and O–H groups in total. The highest BCUT2D eigenvalue weighted by Gasteiger charge is 2.15. The van der Waals surface area contributed by atoms with Crippen LogP contribution in [0.2, 0.25) is 0 Å². The molecule has 4 heterocycles. The maximum Gasteiger partial charge on any atom is 0.235 e. The molecule has 8 heteroatoms. The largest absolute Gasteiger partial charge is 0.275 e. The Balaban J connectivity index is 1.89. The normalized spacial score (nSPS) is 11.4. The lowest BCUT2D eigenvalue weighted by atomic mass is 10.4. The summed E-state index contributed by atoms with van der Waals surface area (Å²) < 4.78 is 3.55. The molecule has 6 nitrogen and oxygen atoms in total. The second-order valence-corrected chi connectivity index (χ2v) is 5.91. The predicted molar refractivity (Wildman–Crippen MR) is 74.2 cm³/mol. The van der Waals surface area contributed by atoms with Crippen LogP contribution in [-0.4, -0.2) is 29.6 Å². The lowest BCUT2D eigenvalue weighted by Gasteiger charge is -1.90. The van der Waals surface area contributed by atoms with Crippen molar-refractivity contribution in [3.8, 4) is 21.3 Å². The molecule has 94 valence electrons. The molecule has 0 fully saturated rings. The molecule has 4 aromatic rings. The van der Waals surface area contributed by atoms with Crippen LogP contribution in [0.25, 0.3) is 26.2 Å². The first-order valence-corrected chi connectivity index (χ1v) is 7.26. The van der Waals surface area contributed by atoms with E-state index in [9.17, 15) is 0 Å². The maximum atomic E-state index is 4.58. The van der Waals surface area contributed by atoms with Crippen molar-refractivity contribution in [3.63, 3.8) is 0 Å². The minimum absolute atomic E-state index is 0.788.